The van der Waals surface area contributed by atoms with Gasteiger partial charge in [-0.15, -0.1) is 11.3 Å². The number of ether oxygens (including phenoxy) is 1. The Labute approximate surface area is 190 Å². The summed E-state index contributed by atoms with van der Waals surface area (Å²) < 4.78 is 34.7. The Kier molecular flexibility index (Phi) is 6.55. The van der Waals surface area contributed by atoms with Crippen molar-refractivity contribution in [2.24, 2.45) is 0 Å². The molecule has 1 fully saturated rings. The Balaban J connectivity index is 1.60. The van der Waals surface area contributed by atoms with Crippen molar-refractivity contribution in [3.8, 4) is 0 Å². The first-order valence-corrected chi connectivity index (χ1v) is 13.4. The number of sulfonamides is 1. The number of rotatable bonds is 7. The molecule has 0 saturated carbocycles. The molecule has 0 aliphatic carbocycles. The van der Waals surface area contributed by atoms with Crippen LogP contribution in [0.2, 0.25) is 0 Å². The van der Waals surface area contributed by atoms with Crippen LogP contribution in [-0.2, 0) is 21.3 Å². The van der Waals surface area contributed by atoms with Gasteiger partial charge in [-0.05, 0) is 45.0 Å². The molecule has 0 amide bonds. The Bertz CT molecular complexity index is 1220. The van der Waals surface area contributed by atoms with Crippen LogP contribution in [0.1, 0.15) is 27.0 Å². The second kappa shape index (κ2) is 9.03. The summed E-state index contributed by atoms with van der Waals surface area (Å²) in [6.45, 7) is 8.18. The number of ketones is 1. The fraction of sp³-hybridized carbons (Fsp3) is 0.429. The molecular weight excluding hydrogens is 454 g/mol. The van der Waals surface area contributed by atoms with Crippen molar-refractivity contribution in [2.75, 3.05) is 32.1 Å². The van der Waals surface area contributed by atoms with E-state index in [1.807, 2.05) is 31.4 Å². The first kappa shape index (κ1) is 22.5. The quantitative estimate of drug-likeness (QED) is 0.379. The van der Waals surface area contributed by atoms with Crippen LogP contribution < -0.4 is 0 Å². The van der Waals surface area contributed by atoms with Gasteiger partial charge >= 0.3 is 0 Å². The summed E-state index contributed by atoms with van der Waals surface area (Å²) in [6, 6.07) is 7.01. The largest absolute Gasteiger partial charge is 0.379 e. The number of benzene rings is 1. The number of hydrogen-bond donors (Lipinski definition) is 0. The zero-order valence-electron chi connectivity index (χ0n) is 17.8. The summed E-state index contributed by atoms with van der Waals surface area (Å²) in [5.41, 5.74) is 2.25. The smallest absolute Gasteiger partial charge is 0.243 e. The lowest BCUT2D eigenvalue weighted by Gasteiger charge is -2.26. The van der Waals surface area contributed by atoms with Gasteiger partial charge < -0.3 is 9.30 Å². The number of aromatic nitrogens is 2. The molecule has 0 atom stereocenters. The molecule has 31 heavy (non-hydrogen) atoms. The average Bonchev–Trinajstić information content (AvgIpc) is 3.30. The van der Waals surface area contributed by atoms with Crippen molar-refractivity contribution in [1.82, 2.24) is 13.9 Å². The molecule has 3 heterocycles. The number of nitrogens with zero attached hydrogens (tertiary/aromatic N) is 3. The number of Topliss-reactive ketones (excluding diaryl/α,β-unsaturated/α-hetero) is 1. The lowest BCUT2D eigenvalue weighted by atomic mass is 10.2. The van der Waals surface area contributed by atoms with E-state index in [0.717, 1.165) is 26.0 Å². The van der Waals surface area contributed by atoms with Crippen molar-refractivity contribution in [2.45, 2.75) is 37.4 Å². The fourth-order valence-electron chi connectivity index (χ4n) is 3.72. The van der Waals surface area contributed by atoms with E-state index in [1.54, 1.807) is 29.5 Å². The van der Waals surface area contributed by atoms with Gasteiger partial charge in [0.2, 0.25) is 10.0 Å². The number of carbonyl (C=O) groups excluding carboxylic acids is 1. The number of thioether (sulfide) groups is 1. The van der Waals surface area contributed by atoms with Gasteiger partial charge in [-0.2, -0.15) is 4.31 Å². The summed E-state index contributed by atoms with van der Waals surface area (Å²) in [5.74, 6) is 0.372. The number of fused-ring (bicyclic) bond motifs is 1. The van der Waals surface area contributed by atoms with Crippen molar-refractivity contribution in [3.05, 3.63) is 39.6 Å². The summed E-state index contributed by atoms with van der Waals surface area (Å²) in [4.78, 5) is 19.7. The van der Waals surface area contributed by atoms with Gasteiger partial charge in [0.05, 0.1) is 34.9 Å². The first-order valence-electron chi connectivity index (χ1n) is 10.1. The molecule has 1 aliphatic rings. The Morgan fingerprint density at radius 1 is 1.23 bits per heavy atom. The monoisotopic (exact) mass is 479 g/mol. The maximum Gasteiger partial charge on any atom is 0.243 e. The maximum atomic E-state index is 13.0. The van der Waals surface area contributed by atoms with Crippen LogP contribution in [0.5, 0.6) is 0 Å². The molecule has 4 rings (SSSR count). The van der Waals surface area contributed by atoms with E-state index < -0.39 is 10.0 Å². The number of thiophene rings is 1. The number of morpholine rings is 1. The van der Waals surface area contributed by atoms with Crippen molar-refractivity contribution in [1.29, 1.82) is 0 Å². The maximum absolute atomic E-state index is 13.0. The normalized spacial score (nSPS) is 15.6. The molecule has 7 nitrogen and oxygen atoms in total. The van der Waals surface area contributed by atoms with E-state index in [-0.39, 0.29) is 10.7 Å². The topological polar surface area (TPSA) is 81.5 Å². The highest BCUT2D eigenvalue weighted by molar-refractivity contribution is 7.99. The lowest BCUT2D eigenvalue weighted by molar-refractivity contribution is 0.0730. The molecule has 0 radical (unpaired) electrons. The van der Waals surface area contributed by atoms with E-state index >= 15 is 0 Å². The zero-order valence-corrected chi connectivity index (χ0v) is 20.2. The molecule has 2 aromatic heterocycles. The van der Waals surface area contributed by atoms with Gasteiger partial charge in [0.15, 0.2) is 10.9 Å². The van der Waals surface area contributed by atoms with Gasteiger partial charge in [-0.25, -0.2) is 13.4 Å². The molecule has 0 N–H and O–H groups in total. The van der Waals surface area contributed by atoms with Crippen LogP contribution in [0.4, 0.5) is 0 Å². The molecule has 166 valence electrons. The molecule has 0 bridgehead atoms. The van der Waals surface area contributed by atoms with Gasteiger partial charge in [0.1, 0.15) is 0 Å². The van der Waals surface area contributed by atoms with Crippen molar-refractivity contribution >= 4 is 49.9 Å². The number of imidazole rings is 1. The third-order valence-corrected chi connectivity index (χ3v) is 9.12. The predicted molar refractivity (Wildman–Crippen MR) is 124 cm³/mol. The highest BCUT2D eigenvalue weighted by Crippen LogP contribution is 2.29. The van der Waals surface area contributed by atoms with Gasteiger partial charge in [-0.3, -0.25) is 4.79 Å². The van der Waals surface area contributed by atoms with Gasteiger partial charge in [0, 0.05) is 35.0 Å². The lowest BCUT2D eigenvalue weighted by Crippen LogP contribution is -2.40. The highest BCUT2D eigenvalue weighted by Gasteiger charge is 2.27. The van der Waals surface area contributed by atoms with Crippen LogP contribution in [-0.4, -0.2) is 60.1 Å². The molecule has 0 unspecified atom stereocenters. The standard InChI is InChI=1S/C21H25N3O4S3/c1-4-24-19-6-5-16(31(26,27)23-7-9-28-10-8-23)12-18(19)22-21(24)29-13-20(25)17-11-14(2)30-15(17)3/h5-6,11-12H,4,7-10,13H2,1-3H3. The molecule has 1 saturated heterocycles. The first-order chi connectivity index (χ1) is 14.8. The molecule has 0 spiro atoms. The van der Waals surface area contributed by atoms with E-state index in [2.05, 4.69) is 4.98 Å². The van der Waals surface area contributed by atoms with E-state index in [0.29, 0.717) is 44.1 Å². The third kappa shape index (κ3) is 4.45. The minimum Gasteiger partial charge on any atom is -0.379 e. The Morgan fingerprint density at radius 2 is 1.97 bits per heavy atom. The molecule has 1 aromatic carbocycles. The molecular formula is C21H25N3O4S3. The summed E-state index contributed by atoms with van der Waals surface area (Å²) >= 11 is 3.02. The SMILES string of the molecule is CCn1c(SCC(=O)c2cc(C)sc2C)nc2cc(S(=O)(=O)N3CCOCC3)ccc21. The van der Waals surface area contributed by atoms with E-state index in [1.165, 1.54) is 16.1 Å². The van der Waals surface area contributed by atoms with Crippen LogP contribution in [0.15, 0.2) is 34.3 Å². The number of aryl methyl sites for hydroxylation is 3. The van der Waals surface area contributed by atoms with Gasteiger partial charge in [0.25, 0.3) is 0 Å². The Morgan fingerprint density at radius 3 is 2.61 bits per heavy atom. The molecule has 3 aromatic rings. The highest BCUT2D eigenvalue weighted by atomic mass is 32.2. The van der Waals surface area contributed by atoms with E-state index in [4.69, 9.17) is 4.74 Å². The van der Waals surface area contributed by atoms with Crippen LogP contribution in [0.3, 0.4) is 0 Å². The average molecular weight is 480 g/mol. The fourth-order valence-corrected chi connectivity index (χ4v) is 7.05. The van der Waals surface area contributed by atoms with Crippen LogP contribution >= 0.6 is 23.1 Å². The van der Waals surface area contributed by atoms with Crippen LogP contribution in [0.25, 0.3) is 11.0 Å². The minimum atomic E-state index is -3.58. The Hall–Kier alpha value is -1.72. The summed E-state index contributed by atoms with van der Waals surface area (Å²) in [6.07, 6.45) is 0. The number of carbonyl (C=O) groups is 1. The number of hydrogen-bond acceptors (Lipinski definition) is 7. The predicted octanol–water partition coefficient (Wildman–Crippen LogP) is 3.73. The van der Waals surface area contributed by atoms with Gasteiger partial charge in [-0.1, -0.05) is 11.8 Å². The zero-order chi connectivity index (χ0) is 22.2. The second-order valence-corrected chi connectivity index (χ2v) is 11.7. The van der Waals surface area contributed by atoms with Crippen molar-refractivity contribution in [3.63, 3.8) is 0 Å². The second-order valence-electron chi connectivity index (χ2n) is 7.34. The summed E-state index contributed by atoms with van der Waals surface area (Å²) in [7, 11) is -3.58. The minimum absolute atomic E-state index is 0.0807. The molecule has 1 aliphatic heterocycles. The summed E-state index contributed by atoms with van der Waals surface area (Å²) in [5, 5.41) is 0.719. The molecule has 10 heteroatoms. The third-order valence-electron chi connectivity index (χ3n) is 5.28. The van der Waals surface area contributed by atoms with Crippen molar-refractivity contribution < 1.29 is 17.9 Å². The van der Waals surface area contributed by atoms with Crippen LogP contribution in [0, 0.1) is 13.8 Å². The van der Waals surface area contributed by atoms with E-state index in [9.17, 15) is 13.2 Å².